The highest BCUT2D eigenvalue weighted by Crippen LogP contribution is 2.10. The van der Waals surface area contributed by atoms with Gasteiger partial charge in [-0.2, -0.15) is 0 Å². The fourth-order valence-electron chi connectivity index (χ4n) is 1.93. The Labute approximate surface area is 142 Å². The molecule has 0 saturated heterocycles. The predicted octanol–water partition coefficient (Wildman–Crippen LogP) is 3.98. The predicted molar refractivity (Wildman–Crippen MR) is 93.2 cm³/mol. The lowest BCUT2D eigenvalue weighted by molar-refractivity contribution is -0.138. The van der Waals surface area contributed by atoms with Gasteiger partial charge in [-0.1, -0.05) is 49.9 Å². The fourth-order valence-corrected chi connectivity index (χ4v) is 2.06. The van der Waals surface area contributed by atoms with Crippen LogP contribution in [-0.2, 0) is 14.3 Å². The standard InChI is InChI=1S/C18H24ClNO3/c1-2-3-4-5-6-17(21)20-13-14-23-18(22)12-9-15-7-10-16(19)11-8-15/h7-12H,2-6,13-14H2,1H3,(H,20,21)/b12-9+. The number of halogens is 1. The van der Waals surface area contributed by atoms with E-state index >= 15 is 0 Å². The highest BCUT2D eigenvalue weighted by molar-refractivity contribution is 6.30. The Morgan fingerprint density at radius 3 is 2.61 bits per heavy atom. The first-order valence-corrected chi connectivity index (χ1v) is 8.36. The van der Waals surface area contributed by atoms with Crippen molar-refractivity contribution in [2.45, 2.75) is 39.0 Å². The van der Waals surface area contributed by atoms with Crippen LogP contribution in [0, 0.1) is 0 Å². The summed E-state index contributed by atoms with van der Waals surface area (Å²) in [4.78, 5) is 23.0. The van der Waals surface area contributed by atoms with E-state index in [-0.39, 0.29) is 12.5 Å². The third kappa shape index (κ3) is 9.74. The lowest BCUT2D eigenvalue weighted by Crippen LogP contribution is -2.27. The van der Waals surface area contributed by atoms with Gasteiger partial charge in [0, 0.05) is 17.5 Å². The molecule has 0 radical (unpaired) electrons. The zero-order valence-corrected chi connectivity index (χ0v) is 14.3. The van der Waals surface area contributed by atoms with Crippen LogP contribution < -0.4 is 5.32 Å². The quantitative estimate of drug-likeness (QED) is 0.399. The zero-order chi connectivity index (χ0) is 16.9. The van der Waals surface area contributed by atoms with Crippen LogP contribution in [0.25, 0.3) is 6.08 Å². The number of hydrogen-bond acceptors (Lipinski definition) is 3. The smallest absolute Gasteiger partial charge is 0.330 e. The number of carbonyl (C=O) groups is 2. The van der Waals surface area contributed by atoms with E-state index in [4.69, 9.17) is 16.3 Å². The van der Waals surface area contributed by atoms with Crippen molar-refractivity contribution in [2.24, 2.45) is 0 Å². The van der Waals surface area contributed by atoms with Crippen LogP contribution in [0.2, 0.25) is 5.02 Å². The average Bonchev–Trinajstić information content (AvgIpc) is 2.55. The van der Waals surface area contributed by atoms with Crippen molar-refractivity contribution in [3.8, 4) is 0 Å². The largest absolute Gasteiger partial charge is 0.461 e. The van der Waals surface area contributed by atoms with Crippen molar-refractivity contribution in [1.29, 1.82) is 0 Å². The normalized spacial score (nSPS) is 10.7. The van der Waals surface area contributed by atoms with Gasteiger partial charge in [0.05, 0.1) is 6.54 Å². The number of esters is 1. The van der Waals surface area contributed by atoms with Gasteiger partial charge in [-0.25, -0.2) is 4.79 Å². The first kappa shape index (κ1) is 19.2. The molecule has 0 saturated carbocycles. The second kappa shape index (κ2) is 11.7. The summed E-state index contributed by atoms with van der Waals surface area (Å²) in [7, 11) is 0. The first-order valence-electron chi connectivity index (χ1n) is 7.99. The summed E-state index contributed by atoms with van der Waals surface area (Å²) in [6.07, 6.45) is 7.84. The molecule has 1 aromatic rings. The van der Waals surface area contributed by atoms with Gasteiger partial charge in [0.1, 0.15) is 6.61 Å². The molecule has 0 unspecified atom stereocenters. The summed E-state index contributed by atoms with van der Waals surface area (Å²) >= 11 is 5.78. The van der Waals surface area contributed by atoms with E-state index in [1.54, 1.807) is 18.2 Å². The Kier molecular flexibility index (Phi) is 9.80. The SMILES string of the molecule is CCCCCCC(=O)NCCOC(=O)/C=C/c1ccc(Cl)cc1. The van der Waals surface area contributed by atoms with Crippen LogP contribution in [0.4, 0.5) is 0 Å². The number of benzene rings is 1. The van der Waals surface area contributed by atoms with Crippen molar-refractivity contribution < 1.29 is 14.3 Å². The number of amides is 1. The van der Waals surface area contributed by atoms with Gasteiger partial charge >= 0.3 is 5.97 Å². The molecule has 0 aliphatic heterocycles. The van der Waals surface area contributed by atoms with Gasteiger partial charge < -0.3 is 10.1 Å². The van der Waals surface area contributed by atoms with Crippen LogP contribution in [0.3, 0.4) is 0 Å². The maximum atomic E-state index is 11.5. The maximum Gasteiger partial charge on any atom is 0.330 e. The van der Waals surface area contributed by atoms with Gasteiger partial charge in [0.2, 0.25) is 5.91 Å². The summed E-state index contributed by atoms with van der Waals surface area (Å²) in [5.41, 5.74) is 0.867. The van der Waals surface area contributed by atoms with Crippen LogP contribution >= 0.6 is 11.6 Å². The molecule has 5 heteroatoms. The molecule has 1 amide bonds. The lowest BCUT2D eigenvalue weighted by atomic mass is 10.1. The highest BCUT2D eigenvalue weighted by Gasteiger charge is 2.01. The molecule has 0 fully saturated rings. The van der Waals surface area contributed by atoms with Crippen molar-refractivity contribution in [1.82, 2.24) is 5.32 Å². The summed E-state index contributed by atoms with van der Waals surface area (Å²) in [6, 6.07) is 7.13. The van der Waals surface area contributed by atoms with Gasteiger partial charge in [0.25, 0.3) is 0 Å². The van der Waals surface area contributed by atoms with E-state index in [0.717, 1.165) is 31.2 Å². The molecule has 1 rings (SSSR count). The molecule has 126 valence electrons. The molecule has 0 aliphatic carbocycles. The Morgan fingerprint density at radius 2 is 1.91 bits per heavy atom. The number of ether oxygens (including phenoxy) is 1. The van der Waals surface area contributed by atoms with E-state index in [9.17, 15) is 9.59 Å². The second-order valence-corrected chi connectivity index (χ2v) is 5.65. The number of unbranched alkanes of at least 4 members (excludes halogenated alkanes) is 3. The monoisotopic (exact) mass is 337 g/mol. The van der Waals surface area contributed by atoms with Gasteiger partial charge in [0.15, 0.2) is 0 Å². The molecule has 0 heterocycles. The number of nitrogens with one attached hydrogen (secondary N) is 1. The molecular weight excluding hydrogens is 314 g/mol. The summed E-state index contributed by atoms with van der Waals surface area (Å²) < 4.78 is 5.01. The van der Waals surface area contributed by atoms with Crippen LogP contribution in [0.1, 0.15) is 44.6 Å². The minimum absolute atomic E-state index is 0.00820. The number of carbonyl (C=O) groups excluding carboxylic acids is 2. The van der Waals surface area contributed by atoms with Crippen molar-refractivity contribution in [3.05, 3.63) is 40.9 Å². The fraction of sp³-hybridized carbons (Fsp3) is 0.444. The van der Waals surface area contributed by atoms with Gasteiger partial charge in [-0.15, -0.1) is 0 Å². The Bertz CT molecular complexity index is 512. The van der Waals surface area contributed by atoms with E-state index in [2.05, 4.69) is 12.2 Å². The third-order valence-electron chi connectivity index (χ3n) is 3.21. The van der Waals surface area contributed by atoms with Crippen LogP contribution in [0.15, 0.2) is 30.3 Å². The lowest BCUT2D eigenvalue weighted by Gasteiger charge is -2.05. The van der Waals surface area contributed by atoms with Gasteiger partial charge in [-0.3, -0.25) is 4.79 Å². The molecule has 1 aromatic carbocycles. The van der Waals surface area contributed by atoms with Crippen molar-refractivity contribution in [3.63, 3.8) is 0 Å². The van der Waals surface area contributed by atoms with Gasteiger partial charge in [-0.05, 0) is 30.2 Å². The highest BCUT2D eigenvalue weighted by atomic mass is 35.5. The molecule has 4 nitrogen and oxygen atoms in total. The summed E-state index contributed by atoms with van der Waals surface area (Å²) in [5, 5.41) is 3.39. The Morgan fingerprint density at radius 1 is 1.17 bits per heavy atom. The van der Waals surface area contributed by atoms with E-state index in [0.29, 0.717) is 18.0 Å². The maximum absolute atomic E-state index is 11.5. The number of rotatable bonds is 10. The van der Waals surface area contributed by atoms with Crippen molar-refractivity contribution >= 4 is 29.6 Å². The van der Waals surface area contributed by atoms with Crippen molar-refractivity contribution in [2.75, 3.05) is 13.2 Å². The van der Waals surface area contributed by atoms with E-state index < -0.39 is 5.97 Å². The minimum atomic E-state index is -0.433. The second-order valence-electron chi connectivity index (χ2n) is 5.21. The average molecular weight is 338 g/mol. The molecule has 1 N–H and O–H groups in total. The van der Waals surface area contributed by atoms with Crippen LogP contribution in [0.5, 0.6) is 0 Å². The first-order chi connectivity index (χ1) is 11.1. The molecular formula is C18H24ClNO3. The molecule has 0 spiro atoms. The molecule has 0 aliphatic rings. The molecule has 0 atom stereocenters. The third-order valence-corrected chi connectivity index (χ3v) is 3.46. The van der Waals surface area contributed by atoms with Crippen LogP contribution in [-0.4, -0.2) is 25.0 Å². The summed E-state index contributed by atoms with van der Waals surface area (Å²) in [5.74, 6) is -0.425. The summed E-state index contributed by atoms with van der Waals surface area (Å²) in [6.45, 7) is 2.65. The van der Waals surface area contributed by atoms with E-state index in [1.165, 1.54) is 6.08 Å². The van der Waals surface area contributed by atoms with E-state index in [1.807, 2.05) is 12.1 Å². The molecule has 0 aromatic heterocycles. The Hall–Kier alpha value is -1.81. The molecule has 23 heavy (non-hydrogen) atoms. The Balaban J connectivity index is 2.12. The zero-order valence-electron chi connectivity index (χ0n) is 13.5. The minimum Gasteiger partial charge on any atom is -0.461 e. The topological polar surface area (TPSA) is 55.4 Å². The molecule has 0 bridgehead atoms. The number of hydrogen-bond donors (Lipinski definition) is 1.